The first-order valence-electron chi connectivity index (χ1n) is 9.72. The van der Waals surface area contributed by atoms with Gasteiger partial charge >= 0.3 is 6.36 Å². The van der Waals surface area contributed by atoms with Gasteiger partial charge in [-0.2, -0.15) is 0 Å². The van der Waals surface area contributed by atoms with E-state index in [1.54, 1.807) is 12.1 Å². The second kappa shape index (κ2) is 6.37. The summed E-state index contributed by atoms with van der Waals surface area (Å²) in [4.78, 5) is 0. The van der Waals surface area contributed by atoms with Crippen molar-refractivity contribution in [2.45, 2.75) is 44.4 Å². The Kier molecular flexibility index (Phi) is 4.05. The number of aromatic nitrogens is 1. The summed E-state index contributed by atoms with van der Waals surface area (Å²) in [5.41, 5.74) is 3.00. The third-order valence-corrected chi connectivity index (χ3v) is 5.98. The van der Waals surface area contributed by atoms with Gasteiger partial charge in [0.1, 0.15) is 17.2 Å². The fourth-order valence-electron chi connectivity index (χ4n) is 4.42. The van der Waals surface area contributed by atoms with Crippen LogP contribution in [0.15, 0.2) is 34.9 Å². The number of halogens is 3. The number of rotatable bonds is 4. The summed E-state index contributed by atoms with van der Waals surface area (Å²) in [6.07, 6.45) is 2.70. The highest BCUT2D eigenvalue weighted by molar-refractivity contribution is 5.85. The van der Waals surface area contributed by atoms with Gasteiger partial charge in [0.2, 0.25) is 0 Å². The average molecular weight is 390 g/mol. The third kappa shape index (κ3) is 3.21. The summed E-state index contributed by atoms with van der Waals surface area (Å²) < 4.78 is 48.5. The first-order chi connectivity index (χ1) is 13.4. The molecular weight excluding hydrogens is 369 g/mol. The normalized spacial score (nSPS) is 21.3. The maximum atomic E-state index is 12.9. The number of allylic oxidation sites excluding steroid dienone is 2. The Bertz CT molecular complexity index is 922. The van der Waals surface area contributed by atoms with Gasteiger partial charge in [-0.15, -0.1) is 13.2 Å². The van der Waals surface area contributed by atoms with Crippen molar-refractivity contribution in [3.8, 4) is 17.0 Å². The van der Waals surface area contributed by atoms with Crippen LogP contribution in [0.3, 0.4) is 0 Å². The average Bonchev–Trinajstić information content (AvgIpc) is 3.39. The molecule has 1 saturated heterocycles. The van der Waals surface area contributed by atoms with Crippen molar-refractivity contribution in [3.05, 3.63) is 41.7 Å². The van der Waals surface area contributed by atoms with Crippen molar-refractivity contribution in [1.82, 2.24) is 10.5 Å². The zero-order chi connectivity index (χ0) is 19.4. The molecule has 1 spiro atoms. The number of benzene rings is 1. The predicted octanol–water partition coefficient (Wildman–Crippen LogP) is 5.27. The first kappa shape index (κ1) is 17.8. The van der Waals surface area contributed by atoms with E-state index in [9.17, 15) is 13.2 Å². The number of nitrogens with zero attached hydrogens (tertiary/aromatic N) is 1. The minimum Gasteiger partial charge on any atom is -0.405 e. The fourth-order valence-corrected chi connectivity index (χ4v) is 4.42. The van der Waals surface area contributed by atoms with E-state index in [0.717, 1.165) is 62.1 Å². The molecule has 1 aromatic heterocycles. The minimum atomic E-state index is -4.76. The molecule has 2 heterocycles. The van der Waals surface area contributed by atoms with Gasteiger partial charge < -0.3 is 14.6 Å². The molecule has 3 aliphatic rings. The van der Waals surface area contributed by atoms with Crippen LogP contribution < -0.4 is 10.1 Å². The molecule has 2 aromatic rings. The SMILES string of the molecule is FC(F)(F)Oc1ccccc1-c1noc(C2CC2)c1C1=CC2(CCNCC2)C1. The van der Waals surface area contributed by atoms with E-state index in [4.69, 9.17) is 4.52 Å². The van der Waals surface area contributed by atoms with E-state index in [-0.39, 0.29) is 11.2 Å². The summed E-state index contributed by atoms with van der Waals surface area (Å²) in [5, 5.41) is 7.58. The van der Waals surface area contributed by atoms with Crippen LogP contribution in [0.1, 0.15) is 49.3 Å². The highest BCUT2D eigenvalue weighted by atomic mass is 19.4. The number of piperidine rings is 1. The molecular formula is C21H21F3N2O2. The number of hydrogen-bond donors (Lipinski definition) is 1. The summed E-state index contributed by atoms with van der Waals surface area (Å²) in [6.45, 7) is 2.00. The fraction of sp³-hybridized carbons (Fsp3) is 0.476. The van der Waals surface area contributed by atoms with Gasteiger partial charge in [0.15, 0.2) is 0 Å². The lowest BCUT2D eigenvalue weighted by Crippen LogP contribution is -2.39. The third-order valence-electron chi connectivity index (χ3n) is 5.98. The van der Waals surface area contributed by atoms with Crippen LogP contribution >= 0.6 is 0 Å². The lowest BCUT2D eigenvalue weighted by molar-refractivity contribution is -0.274. The van der Waals surface area contributed by atoms with Gasteiger partial charge in [-0.05, 0) is 68.3 Å². The van der Waals surface area contributed by atoms with Gasteiger partial charge in [-0.3, -0.25) is 0 Å². The molecule has 0 atom stereocenters. The number of nitrogens with one attached hydrogen (secondary N) is 1. The van der Waals surface area contributed by atoms with Crippen LogP contribution in [-0.2, 0) is 0 Å². The molecule has 0 bridgehead atoms. The minimum absolute atomic E-state index is 0.206. The zero-order valence-corrected chi connectivity index (χ0v) is 15.3. The van der Waals surface area contributed by atoms with Crippen LogP contribution in [-0.4, -0.2) is 24.6 Å². The van der Waals surface area contributed by atoms with Crippen molar-refractivity contribution in [2.75, 3.05) is 13.1 Å². The Balaban J connectivity index is 1.57. The largest absolute Gasteiger partial charge is 0.573 e. The van der Waals surface area contributed by atoms with Crippen molar-refractivity contribution >= 4 is 5.57 Å². The van der Waals surface area contributed by atoms with Gasteiger partial charge in [0, 0.05) is 17.0 Å². The Hall–Kier alpha value is -2.28. The zero-order valence-electron chi connectivity index (χ0n) is 15.3. The van der Waals surface area contributed by atoms with Gasteiger partial charge in [-0.1, -0.05) is 23.4 Å². The molecule has 0 radical (unpaired) electrons. The van der Waals surface area contributed by atoms with E-state index < -0.39 is 6.36 Å². The lowest BCUT2D eigenvalue weighted by Gasteiger charge is -2.43. The maximum Gasteiger partial charge on any atom is 0.573 e. The quantitative estimate of drug-likeness (QED) is 0.772. The molecule has 5 rings (SSSR count). The molecule has 4 nitrogen and oxygen atoms in total. The van der Waals surface area contributed by atoms with E-state index in [0.29, 0.717) is 17.2 Å². The summed E-state index contributed by atoms with van der Waals surface area (Å²) >= 11 is 0. The van der Waals surface area contributed by atoms with Crippen molar-refractivity contribution in [2.24, 2.45) is 5.41 Å². The predicted molar refractivity (Wildman–Crippen MR) is 97.7 cm³/mol. The van der Waals surface area contributed by atoms with E-state index in [1.807, 2.05) is 0 Å². The Morgan fingerprint density at radius 3 is 2.54 bits per heavy atom. The standard InChI is InChI=1S/C21H21F3N2O2/c22-21(23,24)27-16-4-2-1-3-15(16)18-17(19(28-26-18)13-5-6-13)14-11-20(12-14)7-9-25-10-8-20/h1-4,11,13,25H,5-10,12H2. The first-order valence-corrected chi connectivity index (χ1v) is 9.72. The van der Waals surface area contributed by atoms with Crippen LogP contribution in [0, 0.1) is 5.41 Å². The molecule has 0 amide bonds. The van der Waals surface area contributed by atoms with Gasteiger partial charge in [0.25, 0.3) is 0 Å². The molecule has 148 valence electrons. The van der Waals surface area contributed by atoms with Crippen molar-refractivity contribution in [3.63, 3.8) is 0 Å². The molecule has 1 aromatic carbocycles. The number of alkyl halides is 3. The molecule has 2 aliphatic carbocycles. The molecule has 28 heavy (non-hydrogen) atoms. The molecule has 1 aliphatic heterocycles. The van der Waals surface area contributed by atoms with Crippen LogP contribution in [0.2, 0.25) is 0 Å². The molecule has 1 saturated carbocycles. The maximum absolute atomic E-state index is 12.9. The molecule has 1 N–H and O–H groups in total. The van der Waals surface area contributed by atoms with Gasteiger partial charge in [0.05, 0.1) is 0 Å². The second-order valence-electron chi connectivity index (χ2n) is 8.05. The highest BCUT2D eigenvalue weighted by Crippen LogP contribution is 2.55. The molecule has 2 fully saturated rings. The highest BCUT2D eigenvalue weighted by Gasteiger charge is 2.43. The lowest BCUT2D eigenvalue weighted by atomic mass is 9.63. The number of hydrogen-bond acceptors (Lipinski definition) is 4. The monoisotopic (exact) mass is 390 g/mol. The van der Waals surface area contributed by atoms with Crippen LogP contribution in [0.4, 0.5) is 13.2 Å². The van der Waals surface area contributed by atoms with Gasteiger partial charge in [-0.25, -0.2) is 0 Å². The van der Waals surface area contributed by atoms with Crippen molar-refractivity contribution in [1.29, 1.82) is 0 Å². The Morgan fingerprint density at radius 2 is 1.86 bits per heavy atom. The smallest absolute Gasteiger partial charge is 0.405 e. The van der Waals surface area contributed by atoms with E-state index in [1.165, 1.54) is 12.1 Å². The van der Waals surface area contributed by atoms with Crippen LogP contribution in [0.25, 0.3) is 16.8 Å². The summed E-state index contributed by atoms with van der Waals surface area (Å²) in [5.74, 6) is 0.882. The second-order valence-corrected chi connectivity index (χ2v) is 8.05. The van der Waals surface area contributed by atoms with E-state index in [2.05, 4.69) is 21.3 Å². The summed E-state index contributed by atoms with van der Waals surface area (Å²) in [7, 11) is 0. The number of para-hydroxylation sites is 1. The van der Waals surface area contributed by atoms with Crippen LogP contribution in [0.5, 0.6) is 5.75 Å². The Morgan fingerprint density at radius 1 is 1.14 bits per heavy atom. The van der Waals surface area contributed by atoms with Crippen molar-refractivity contribution < 1.29 is 22.4 Å². The molecule has 0 unspecified atom stereocenters. The van der Waals surface area contributed by atoms with E-state index >= 15 is 0 Å². The topological polar surface area (TPSA) is 47.3 Å². The number of ether oxygens (including phenoxy) is 1. The molecule has 7 heteroatoms. The summed E-state index contributed by atoms with van der Waals surface area (Å²) in [6, 6.07) is 6.15. The Labute approximate surface area is 160 Å².